The van der Waals surface area contributed by atoms with Gasteiger partial charge in [-0.25, -0.2) is 14.0 Å². The van der Waals surface area contributed by atoms with Gasteiger partial charge in [0.1, 0.15) is 11.6 Å². The van der Waals surface area contributed by atoms with Crippen molar-refractivity contribution in [3.63, 3.8) is 0 Å². The van der Waals surface area contributed by atoms with Crippen LogP contribution in [0.4, 0.5) is 9.18 Å². The summed E-state index contributed by atoms with van der Waals surface area (Å²) in [6.07, 6.45) is -0.0747. The summed E-state index contributed by atoms with van der Waals surface area (Å²) in [6.45, 7) is 0. The number of ether oxygens (including phenoxy) is 1. The Hall–Kier alpha value is -1.52. The number of hydrogen-bond donors (Lipinski definition) is 0. The number of carbonyl (C=O) groups excluding carboxylic acids is 2. The maximum absolute atomic E-state index is 12.6. The van der Waals surface area contributed by atoms with Crippen molar-refractivity contribution in [2.75, 3.05) is 0 Å². The van der Waals surface area contributed by atoms with Crippen LogP contribution in [0.1, 0.15) is 0 Å². The van der Waals surface area contributed by atoms with Crippen molar-refractivity contribution in [2.24, 2.45) is 4.99 Å². The van der Waals surface area contributed by atoms with E-state index in [1.165, 1.54) is 6.07 Å². The molecule has 0 saturated heterocycles. The Labute approximate surface area is 86.5 Å². The lowest BCUT2D eigenvalue weighted by Gasteiger charge is -2.01. The highest BCUT2D eigenvalue weighted by molar-refractivity contribution is 9.10. The van der Waals surface area contributed by atoms with Crippen LogP contribution in [0.2, 0.25) is 0 Å². The van der Waals surface area contributed by atoms with Crippen molar-refractivity contribution in [2.45, 2.75) is 0 Å². The van der Waals surface area contributed by atoms with Gasteiger partial charge in [0.15, 0.2) is 0 Å². The van der Waals surface area contributed by atoms with E-state index in [2.05, 4.69) is 25.7 Å². The Morgan fingerprint density at radius 3 is 2.86 bits per heavy atom. The van der Waals surface area contributed by atoms with Crippen molar-refractivity contribution in [1.29, 1.82) is 0 Å². The van der Waals surface area contributed by atoms with E-state index in [1.54, 1.807) is 0 Å². The van der Waals surface area contributed by atoms with Gasteiger partial charge in [-0.2, -0.15) is 0 Å². The third-order valence-corrected chi connectivity index (χ3v) is 1.85. The topological polar surface area (TPSA) is 55.7 Å². The van der Waals surface area contributed by atoms with Gasteiger partial charge in [0.05, 0.1) is 4.47 Å². The number of nitrogens with zero attached hydrogens (tertiary/aromatic N) is 1. The zero-order chi connectivity index (χ0) is 10.6. The van der Waals surface area contributed by atoms with E-state index in [9.17, 15) is 14.0 Å². The molecule has 14 heavy (non-hydrogen) atoms. The lowest BCUT2D eigenvalue weighted by molar-refractivity contribution is 0.211. The molecule has 1 aromatic carbocycles. The average molecular weight is 260 g/mol. The maximum Gasteiger partial charge on any atom is 0.450 e. The lowest BCUT2D eigenvalue weighted by atomic mass is 10.3. The van der Waals surface area contributed by atoms with Crippen LogP contribution in [0.3, 0.4) is 0 Å². The Balaban J connectivity index is 2.87. The second-order valence-corrected chi connectivity index (χ2v) is 3.00. The summed E-state index contributed by atoms with van der Waals surface area (Å²) in [6, 6.07) is 3.46. The molecular formula is C8H3BrFNO3. The van der Waals surface area contributed by atoms with Gasteiger partial charge in [-0.1, -0.05) is 4.99 Å². The fraction of sp³-hybridized carbons (Fsp3) is 0. The highest BCUT2D eigenvalue weighted by atomic mass is 79.9. The minimum atomic E-state index is -1.10. The summed E-state index contributed by atoms with van der Waals surface area (Å²) in [7, 11) is 0. The van der Waals surface area contributed by atoms with Crippen LogP contribution in [0.5, 0.6) is 5.75 Å². The molecule has 1 rings (SSSR count). The molecule has 0 unspecified atom stereocenters. The second kappa shape index (κ2) is 4.64. The van der Waals surface area contributed by atoms with Crippen LogP contribution in [0.25, 0.3) is 0 Å². The van der Waals surface area contributed by atoms with E-state index >= 15 is 0 Å². The highest BCUT2D eigenvalue weighted by Gasteiger charge is 2.07. The van der Waals surface area contributed by atoms with Crippen molar-refractivity contribution >= 4 is 28.1 Å². The van der Waals surface area contributed by atoms with E-state index in [4.69, 9.17) is 0 Å². The molecule has 4 nitrogen and oxygen atoms in total. The van der Waals surface area contributed by atoms with E-state index in [0.717, 1.165) is 18.2 Å². The first-order chi connectivity index (χ1) is 6.63. The minimum Gasteiger partial charge on any atom is -0.407 e. The van der Waals surface area contributed by atoms with E-state index in [1.807, 2.05) is 0 Å². The van der Waals surface area contributed by atoms with Gasteiger partial charge >= 0.3 is 6.09 Å². The van der Waals surface area contributed by atoms with Crippen LogP contribution < -0.4 is 4.74 Å². The van der Waals surface area contributed by atoms with Gasteiger partial charge in [0.2, 0.25) is 6.08 Å². The molecule has 1 amide bonds. The Morgan fingerprint density at radius 1 is 1.57 bits per heavy atom. The van der Waals surface area contributed by atoms with Gasteiger partial charge in [0.25, 0.3) is 0 Å². The molecule has 6 heteroatoms. The molecule has 0 bridgehead atoms. The summed E-state index contributed by atoms with van der Waals surface area (Å²) >= 11 is 2.97. The highest BCUT2D eigenvalue weighted by Crippen LogP contribution is 2.25. The van der Waals surface area contributed by atoms with Gasteiger partial charge < -0.3 is 4.74 Å². The van der Waals surface area contributed by atoms with Gasteiger partial charge in [-0.15, -0.1) is 0 Å². The number of halogens is 2. The number of amides is 1. The van der Waals surface area contributed by atoms with E-state index in [0.29, 0.717) is 0 Å². The molecule has 0 saturated carbocycles. The maximum atomic E-state index is 12.6. The largest absolute Gasteiger partial charge is 0.450 e. The fourth-order valence-electron chi connectivity index (χ4n) is 0.712. The van der Waals surface area contributed by atoms with E-state index in [-0.39, 0.29) is 10.2 Å². The molecule has 0 aliphatic rings. The van der Waals surface area contributed by atoms with Crippen molar-refractivity contribution in [1.82, 2.24) is 0 Å². The van der Waals surface area contributed by atoms with Gasteiger partial charge in [0, 0.05) is 0 Å². The number of rotatable bonds is 1. The number of hydrogen-bond acceptors (Lipinski definition) is 3. The van der Waals surface area contributed by atoms with Crippen LogP contribution in [0, 0.1) is 5.82 Å². The Kier molecular flexibility index (Phi) is 3.50. The number of carbonyl (C=O) groups is 1. The Bertz CT molecular complexity index is 415. The standard InChI is InChI=1S/C8H3BrFNO3/c9-6-3-5(10)1-2-7(6)14-8(13)11-4-12/h1-3H. The molecule has 0 atom stereocenters. The molecular weight excluding hydrogens is 257 g/mol. The van der Waals surface area contributed by atoms with Crippen molar-refractivity contribution < 1.29 is 18.7 Å². The normalized spacial score (nSPS) is 9.00. The molecule has 0 aliphatic carbocycles. The van der Waals surface area contributed by atoms with E-state index < -0.39 is 11.9 Å². The number of isocyanates is 1. The molecule has 0 N–H and O–H groups in total. The number of aliphatic imine (C=N–C) groups is 1. The third kappa shape index (κ3) is 2.76. The minimum absolute atomic E-state index is 0.0791. The zero-order valence-electron chi connectivity index (χ0n) is 6.66. The van der Waals surface area contributed by atoms with Crippen molar-refractivity contribution in [3.05, 3.63) is 28.5 Å². The van der Waals surface area contributed by atoms with Crippen LogP contribution in [-0.2, 0) is 4.79 Å². The summed E-state index contributed by atoms with van der Waals surface area (Å²) in [4.78, 5) is 23.1. The quantitative estimate of drug-likeness (QED) is 0.575. The monoisotopic (exact) mass is 259 g/mol. The fourth-order valence-corrected chi connectivity index (χ4v) is 1.14. The molecule has 0 aromatic heterocycles. The molecule has 0 fully saturated rings. The molecule has 0 spiro atoms. The SMILES string of the molecule is O=C=NC(=O)Oc1ccc(F)cc1Br. The Morgan fingerprint density at radius 2 is 2.29 bits per heavy atom. The van der Waals surface area contributed by atoms with Gasteiger partial charge in [-0.3, -0.25) is 0 Å². The smallest absolute Gasteiger partial charge is 0.407 e. The molecule has 0 radical (unpaired) electrons. The first-order valence-corrected chi connectivity index (χ1v) is 4.17. The third-order valence-electron chi connectivity index (χ3n) is 1.23. The summed E-state index contributed by atoms with van der Waals surface area (Å²) in [5.74, 6) is -0.397. The predicted octanol–water partition coefficient (Wildman–Crippen LogP) is 2.42. The second-order valence-electron chi connectivity index (χ2n) is 2.15. The lowest BCUT2D eigenvalue weighted by Crippen LogP contribution is -2.01. The summed E-state index contributed by atoms with van der Waals surface area (Å²) < 4.78 is 17.4. The summed E-state index contributed by atoms with van der Waals surface area (Å²) in [5, 5.41) is 0. The number of benzene rings is 1. The van der Waals surface area contributed by atoms with Crippen molar-refractivity contribution in [3.8, 4) is 5.75 Å². The molecule has 72 valence electrons. The average Bonchev–Trinajstić information content (AvgIpc) is 2.10. The van der Waals surface area contributed by atoms with Crippen LogP contribution >= 0.6 is 15.9 Å². The zero-order valence-corrected chi connectivity index (χ0v) is 8.25. The van der Waals surface area contributed by atoms with Crippen LogP contribution in [-0.4, -0.2) is 12.2 Å². The molecule has 1 aromatic rings. The van der Waals surface area contributed by atoms with Gasteiger partial charge in [-0.05, 0) is 34.1 Å². The first-order valence-electron chi connectivity index (χ1n) is 3.38. The molecule has 0 aliphatic heterocycles. The van der Waals surface area contributed by atoms with Crippen LogP contribution in [0.15, 0.2) is 27.7 Å². The predicted molar refractivity (Wildman–Crippen MR) is 48.2 cm³/mol. The summed E-state index contributed by atoms with van der Waals surface area (Å²) in [5.41, 5.74) is 0. The first kappa shape index (κ1) is 10.6. The molecule has 0 heterocycles.